The van der Waals surface area contributed by atoms with E-state index in [0.717, 1.165) is 16.8 Å². The molecule has 6 nitrogen and oxygen atoms in total. The number of rotatable bonds is 6. The minimum Gasteiger partial charge on any atom is -0.322 e. The normalized spacial score (nSPS) is 12.2. The molecule has 0 aliphatic carbocycles. The summed E-state index contributed by atoms with van der Waals surface area (Å²) in [6.45, 7) is 4.11. The number of nitrogens with one attached hydrogen (secondary N) is 1. The topological polar surface area (TPSA) is 63.1 Å². The van der Waals surface area contributed by atoms with E-state index >= 15 is 0 Å². The van der Waals surface area contributed by atoms with Gasteiger partial charge in [-0.15, -0.1) is 0 Å². The standard InChI is InChI=1S/C20H21Cl2N5O/c1-13-4-9-17(21)20(19(13)22)25-18(28)10-26(3)14(2)15-5-7-16(8-6-15)27-12-23-11-24-27/h4-9,11-12,14H,10H2,1-3H3,(H,25,28). The number of amides is 1. The molecule has 8 heteroatoms. The first-order chi connectivity index (χ1) is 13.4. The van der Waals surface area contributed by atoms with Gasteiger partial charge in [-0.2, -0.15) is 5.10 Å². The third-order valence-corrected chi connectivity index (χ3v) is 5.46. The second-order valence-corrected chi connectivity index (χ2v) is 7.41. The van der Waals surface area contributed by atoms with Crippen LogP contribution in [-0.4, -0.2) is 39.2 Å². The number of carbonyl (C=O) groups excluding carboxylic acids is 1. The number of benzene rings is 2. The minimum absolute atomic E-state index is 0.0407. The van der Waals surface area contributed by atoms with Crippen LogP contribution in [-0.2, 0) is 4.79 Å². The molecule has 0 aliphatic heterocycles. The maximum atomic E-state index is 12.5. The van der Waals surface area contributed by atoms with Crippen molar-refractivity contribution in [1.29, 1.82) is 0 Å². The number of aromatic nitrogens is 3. The maximum absolute atomic E-state index is 12.5. The van der Waals surface area contributed by atoms with Crippen molar-refractivity contribution in [1.82, 2.24) is 19.7 Å². The van der Waals surface area contributed by atoms with Gasteiger partial charge in [-0.3, -0.25) is 9.69 Å². The van der Waals surface area contributed by atoms with Crippen LogP contribution >= 0.6 is 23.2 Å². The molecule has 1 N–H and O–H groups in total. The summed E-state index contributed by atoms with van der Waals surface area (Å²) >= 11 is 12.4. The van der Waals surface area contributed by atoms with Crippen molar-refractivity contribution < 1.29 is 4.79 Å². The second-order valence-electron chi connectivity index (χ2n) is 6.62. The fourth-order valence-corrected chi connectivity index (χ4v) is 3.28. The van der Waals surface area contributed by atoms with Gasteiger partial charge in [0.15, 0.2) is 0 Å². The molecular weight excluding hydrogens is 397 g/mol. The van der Waals surface area contributed by atoms with E-state index in [1.807, 2.05) is 56.1 Å². The Kier molecular flexibility index (Phi) is 6.34. The van der Waals surface area contributed by atoms with Gasteiger partial charge in [0.1, 0.15) is 12.7 Å². The summed E-state index contributed by atoms with van der Waals surface area (Å²) in [6.07, 6.45) is 3.14. The molecule has 0 saturated carbocycles. The Hall–Kier alpha value is -2.41. The maximum Gasteiger partial charge on any atom is 0.238 e. The number of hydrogen-bond donors (Lipinski definition) is 1. The molecule has 1 amide bonds. The molecule has 1 unspecified atom stereocenters. The third-order valence-electron chi connectivity index (χ3n) is 4.66. The highest BCUT2D eigenvalue weighted by atomic mass is 35.5. The van der Waals surface area contributed by atoms with Crippen molar-refractivity contribution in [2.75, 3.05) is 18.9 Å². The van der Waals surface area contributed by atoms with Gasteiger partial charge in [-0.25, -0.2) is 9.67 Å². The first-order valence-corrected chi connectivity index (χ1v) is 9.52. The van der Waals surface area contributed by atoms with Crippen LogP contribution in [0.15, 0.2) is 49.1 Å². The third kappa shape index (κ3) is 4.52. The predicted octanol–water partition coefficient (Wildman–Crippen LogP) is 4.51. The molecular formula is C20H21Cl2N5O. The SMILES string of the molecule is Cc1ccc(Cl)c(NC(=O)CN(C)C(C)c2ccc(-n3cncn3)cc2)c1Cl. The first-order valence-electron chi connectivity index (χ1n) is 8.76. The quantitative estimate of drug-likeness (QED) is 0.640. The molecule has 1 heterocycles. The molecule has 28 heavy (non-hydrogen) atoms. The van der Waals surface area contributed by atoms with E-state index in [1.165, 1.54) is 6.33 Å². The summed E-state index contributed by atoms with van der Waals surface area (Å²) in [5, 5.41) is 7.82. The van der Waals surface area contributed by atoms with Crippen LogP contribution in [0.5, 0.6) is 0 Å². The molecule has 3 aromatic rings. The van der Waals surface area contributed by atoms with Crippen LogP contribution in [0.3, 0.4) is 0 Å². The molecule has 0 bridgehead atoms. The molecule has 0 radical (unpaired) electrons. The summed E-state index contributed by atoms with van der Waals surface area (Å²) in [5.74, 6) is -0.178. The number of nitrogens with zero attached hydrogens (tertiary/aromatic N) is 4. The van der Waals surface area contributed by atoms with E-state index in [9.17, 15) is 4.79 Å². The molecule has 0 spiro atoms. The van der Waals surface area contributed by atoms with E-state index in [4.69, 9.17) is 23.2 Å². The Morgan fingerprint density at radius 1 is 1.21 bits per heavy atom. The summed E-state index contributed by atoms with van der Waals surface area (Å²) in [4.78, 5) is 18.4. The predicted molar refractivity (Wildman–Crippen MR) is 112 cm³/mol. The van der Waals surface area contributed by atoms with Crippen LogP contribution in [0, 0.1) is 6.92 Å². The average molecular weight is 418 g/mol. The van der Waals surface area contributed by atoms with E-state index in [0.29, 0.717) is 15.7 Å². The second kappa shape index (κ2) is 8.73. The lowest BCUT2D eigenvalue weighted by Crippen LogP contribution is -2.32. The van der Waals surface area contributed by atoms with Gasteiger partial charge in [0.25, 0.3) is 0 Å². The summed E-state index contributed by atoms with van der Waals surface area (Å²) in [5.41, 5.74) is 3.32. The van der Waals surface area contributed by atoms with Gasteiger partial charge >= 0.3 is 0 Å². The Labute approximate surface area is 174 Å². The van der Waals surface area contributed by atoms with E-state index in [2.05, 4.69) is 15.4 Å². The van der Waals surface area contributed by atoms with E-state index < -0.39 is 0 Å². The number of anilines is 1. The highest BCUT2D eigenvalue weighted by molar-refractivity contribution is 6.40. The highest BCUT2D eigenvalue weighted by Crippen LogP contribution is 2.33. The zero-order valence-corrected chi connectivity index (χ0v) is 17.4. The highest BCUT2D eigenvalue weighted by Gasteiger charge is 2.17. The Bertz CT molecular complexity index is 957. The van der Waals surface area contributed by atoms with Crippen LogP contribution in [0.25, 0.3) is 5.69 Å². The van der Waals surface area contributed by atoms with Crippen LogP contribution in [0.1, 0.15) is 24.1 Å². The van der Waals surface area contributed by atoms with Gasteiger partial charge < -0.3 is 5.32 Å². The van der Waals surface area contributed by atoms with Gasteiger partial charge in [0, 0.05) is 6.04 Å². The van der Waals surface area contributed by atoms with Crippen molar-refractivity contribution in [3.63, 3.8) is 0 Å². The lowest BCUT2D eigenvalue weighted by molar-refractivity contribution is -0.117. The number of likely N-dealkylation sites (N-methyl/N-ethyl adjacent to an activating group) is 1. The smallest absolute Gasteiger partial charge is 0.238 e. The van der Waals surface area contributed by atoms with Gasteiger partial charge in [0.05, 0.1) is 28.0 Å². The van der Waals surface area contributed by atoms with Crippen molar-refractivity contribution in [3.05, 3.63) is 70.2 Å². The molecule has 0 aliphatic rings. The molecule has 1 atom stereocenters. The summed E-state index contributed by atoms with van der Waals surface area (Å²) in [7, 11) is 1.90. The Morgan fingerprint density at radius 2 is 1.93 bits per heavy atom. The van der Waals surface area contributed by atoms with Gasteiger partial charge in [-0.05, 0) is 50.2 Å². The zero-order valence-electron chi connectivity index (χ0n) is 15.9. The van der Waals surface area contributed by atoms with E-state index in [-0.39, 0.29) is 18.5 Å². The van der Waals surface area contributed by atoms with E-state index in [1.54, 1.807) is 17.1 Å². The summed E-state index contributed by atoms with van der Waals surface area (Å²) < 4.78 is 1.70. The fraction of sp³-hybridized carbons (Fsp3) is 0.250. The van der Waals surface area contributed by atoms with Crippen molar-refractivity contribution in [2.45, 2.75) is 19.9 Å². The lowest BCUT2D eigenvalue weighted by atomic mass is 10.1. The fourth-order valence-electron chi connectivity index (χ4n) is 2.82. The summed E-state index contributed by atoms with van der Waals surface area (Å²) in [6, 6.07) is 11.6. The van der Waals surface area contributed by atoms with Gasteiger partial charge in [0.2, 0.25) is 5.91 Å². The monoisotopic (exact) mass is 417 g/mol. The van der Waals surface area contributed by atoms with Crippen LogP contribution in [0.2, 0.25) is 10.0 Å². The molecule has 1 aromatic heterocycles. The average Bonchev–Trinajstić information content (AvgIpc) is 3.22. The number of halogens is 2. The van der Waals surface area contributed by atoms with Gasteiger partial charge in [-0.1, -0.05) is 41.4 Å². The Morgan fingerprint density at radius 3 is 2.57 bits per heavy atom. The number of carbonyl (C=O) groups is 1. The Balaban J connectivity index is 1.65. The van der Waals surface area contributed by atoms with Crippen molar-refractivity contribution in [3.8, 4) is 5.69 Å². The molecule has 3 rings (SSSR count). The largest absolute Gasteiger partial charge is 0.322 e. The molecule has 0 fully saturated rings. The molecule has 2 aromatic carbocycles. The number of aryl methyl sites for hydroxylation is 1. The molecule has 146 valence electrons. The molecule has 0 saturated heterocycles. The lowest BCUT2D eigenvalue weighted by Gasteiger charge is -2.25. The van der Waals surface area contributed by atoms with Crippen molar-refractivity contribution >= 4 is 34.8 Å². The first kappa shape index (κ1) is 20.3. The number of hydrogen-bond acceptors (Lipinski definition) is 4. The zero-order chi connectivity index (χ0) is 20.3. The van der Waals surface area contributed by atoms with Crippen LogP contribution in [0.4, 0.5) is 5.69 Å². The van der Waals surface area contributed by atoms with Crippen molar-refractivity contribution in [2.24, 2.45) is 0 Å². The minimum atomic E-state index is -0.178. The van der Waals surface area contributed by atoms with Crippen LogP contribution < -0.4 is 5.32 Å².